The molecule has 0 fully saturated rings. The number of thioether (sulfide) groups is 1. The smallest absolute Gasteiger partial charge is 0.191 e. The highest BCUT2D eigenvalue weighted by molar-refractivity contribution is 14.0. The molecule has 0 amide bonds. The Labute approximate surface area is 179 Å². The van der Waals surface area contributed by atoms with E-state index in [4.69, 9.17) is 0 Å². The molecule has 0 bridgehead atoms. The monoisotopic (exact) mass is 507 g/mol. The first-order valence-corrected chi connectivity index (χ1v) is 9.68. The molecule has 8 heteroatoms. The molecule has 0 aliphatic heterocycles. The van der Waals surface area contributed by atoms with Gasteiger partial charge in [-0.05, 0) is 54.1 Å². The van der Waals surface area contributed by atoms with Crippen LogP contribution in [-0.2, 0) is 18.8 Å². The minimum atomic E-state index is -0.663. The van der Waals surface area contributed by atoms with E-state index in [1.165, 1.54) is 18.2 Å². The number of nitrogens with zero attached hydrogens (tertiary/aromatic N) is 1. The van der Waals surface area contributed by atoms with Crippen LogP contribution in [0.2, 0.25) is 0 Å². The number of aliphatic imine (C=N–C) groups is 1. The van der Waals surface area contributed by atoms with Gasteiger partial charge in [0.2, 0.25) is 0 Å². The van der Waals surface area contributed by atoms with E-state index in [-0.39, 0.29) is 42.1 Å². The fourth-order valence-corrected chi connectivity index (χ4v) is 2.98. The van der Waals surface area contributed by atoms with Crippen molar-refractivity contribution in [2.24, 2.45) is 4.99 Å². The third-order valence-corrected chi connectivity index (χ3v) is 4.29. The van der Waals surface area contributed by atoms with Gasteiger partial charge >= 0.3 is 0 Å². The molecule has 0 spiro atoms. The average molecular weight is 507 g/mol. The molecule has 3 N–H and O–H groups in total. The van der Waals surface area contributed by atoms with Crippen LogP contribution in [0.5, 0.6) is 5.75 Å². The number of hydrogen-bond acceptors (Lipinski definition) is 3. The highest BCUT2D eigenvalue weighted by Crippen LogP contribution is 2.17. The maximum absolute atomic E-state index is 13.4. The number of benzene rings is 2. The summed E-state index contributed by atoms with van der Waals surface area (Å²) in [5, 5.41) is 15.6. The molecule has 2 rings (SSSR count). The fraction of sp³-hybridized carbons (Fsp3) is 0.316. The second-order valence-corrected chi connectivity index (χ2v) is 6.55. The molecule has 0 unspecified atom stereocenters. The molecule has 0 aliphatic rings. The molecule has 2 aromatic carbocycles. The van der Waals surface area contributed by atoms with Crippen LogP contribution in [0.1, 0.15) is 23.6 Å². The predicted molar refractivity (Wildman–Crippen MR) is 119 cm³/mol. The van der Waals surface area contributed by atoms with Crippen molar-refractivity contribution in [3.05, 3.63) is 64.7 Å². The first kappa shape index (κ1) is 23.5. The Balaban J connectivity index is 0.00000364. The summed E-state index contributed by atoms with van der Waals surface area (Å²) in [7, 11) is 0. The van der Waals surface area contributed by atoms with Crippen molar-refractivity contribution in [3.63, 3.8) is 0 Å². The Morgan fingerprint density at radius 3 is 2.56 bits per heavy atom. The Bertz CT molecular complexity index is 775. The molecule has 0 aliphatic carbocycles. The number of aromatic hydroxyl groups is 1. The zero-order valence-electron chi connectivity index (χ0n) is 15.3. The predicted octanol–water partition coefficient (Wildman–Crippen LogP) is 4.41. The van der Waals surface area contributed by atoms with E-state index >= 15 is 0 Å². The molecule has 2 aromatic rings. The van der Waals surface area contributed by atoms with Crippen molar-refractivity contribution in [3.8, 4) is 5.75 Å². The van der Waals surface area contributed by atoms with Gasteiger partial charge in [-0.25, -0.2) is 13.8 Å². The first-order chi connectivity index (χ1) is 12.5. The van der Waals surface area contributed by atoms with Gasteiger partial charge in [0, 0.05) is 18.8 Å². The fourth-order valence-electron chi connectivity index (χ4n) is 2.40. The van der Waals surface area contributed by atoms with Crippen LogP contribution in [0.25, 0.3) is 0 Å². The van der Waals surface area contributed by atoms with Gasteiger partial charge in [-0.1, -0.05) is 12.1 Å². The van der Waals surface area contributed by atoms with Crippen molar-refractivity contribution < 1.29 is 13.9 Å². The van der Waals surface area contributed by atoms with Crippen LogP contribution in [-0.4, -0.2) is 23.9 Å². The quantitative estimate of drug-likeness (QED) is 0.296. The maximum Gasteiger partial charge on any atom is 0.191 e. The van der Waals surface area contributed by atoms with E-state index in [9.17, 15) is 13.9 Å². The molecule has 0 saturated carbocycles. The number of guanidine groups is 1. The van der Waals surface area contributed by atoms with E-state index < -0.39 is 5.82 Å². The van der Waals surface area contributed by atoms with Gasteiger partial charge in [0.1, 0.15) is 5.82 Å². The number of halogens is 3. The van der Waals surface area contributed by atoms with E-state index in [1.807, 2.05) is 13.2 Å². The number of nitrogens with one attached hydrogen (secondary N) is 2. The van der Waals surface area contributed by atoms with Crippen LogP contribution in [0.4, 0.5) is 8.78 Å². The maximum atomic E-state index is 13.4. The lowest BCUT2D eigenvalue weighted by Crippen LogP contribution is -2.37. The topological polar surface area (TPSA) is 56.7 Å². The van der Waals surface area contributed by atoms with Crippen molar-refractivity contribution >= 4 is 41.7 Å². The van der Waals surface area contributed by atoms with E-state index in [0.717, 1.165) is 16.9 Å². The highest BCUT2D eigenvalue weighted by atomic mass is 127. The standard InChI is InChI=1S/C19H23F2N3OS.HI/c1-3-22-19(23-10-13-4-7-18(25)17(21)8-13)24-11-14-5-6-16(20)9-15(14)12-26-2;/h4-9,25H,3,10-12H2,1-2H3,(H2,22,23,24);1H. The third-order valence-electron chi connectivity index (χ3n) is 3.69. The van der Waals surface area contributed by atoms with Crippen LogP contribution in [0.15, 0.2) is 41.4 Å². The lowest BCUT2D eigenvalue weighted by Gasteiger charge is -2.14. The molecule has 148 valence electrons. The Morgan fingerprint density at radius 1 is 1.11 bits per heavy atom. The van der Waals surface area contributed by atoms with Crippen molar-refractivity contribution in [2.75, 3.05) is 12.8 Å². The molecule has 0 saturated heterocycles. The number of phenolic OH excluding ortho intramolecular Hbond substituents is 1. The number of hydrogen-bond donors (Lipinski definition) is 3. The normalized spacial score (nSPS) is 11.0. The molecular formula is C19H24F2IN3OS. The molecule has 0 aromatic heterocycles. The van der Waals surface area contributed by atoms with Gasteiger partial charge in [0.15, 0.2) is 17.5 Å². The average Bonchev–Trinajstić information content (AvgIpc) is 2.62. The number of phenols is 1. The largest absolute Gasteiger partial charge is 0.505 e. The highest BCUT2D eigenvalue weighted by Gasteiger charge is 2.06. The van der Waals surface area contributed by atoms with Crippen molar-refractivity contribution in [1.82, 2.24) is 10.6 Å². The van der Waals surface area contributed by atoms with Gasteiger partial charge < -0.3 is 15.7 Å². The van der Waals surface area contributed by atoms with Crippen molar-refractivity contribution in [2.45, 2.75) is 25.8 Å². The second-order valence-electron chi connectivity index (χ2n) is 5.68. The summed E-state index contributed by atoms with van der Waals surface area (Å²) in [6.45, 7) is 3.41. The molecule has 0 heterocycles. The Morgan fingerprint density at radius 2 is 1.89 bits per heavy atom. The Hall–Kier alpha value is -1.55. The molecule has 0 atom stereocenters. The minimum absolute atomic E-state index is 0. The van der Waals surface area contributed by atoms with E-state index in [0.29, 0.717) is 24.6 Å². The summed E-state index contributed by atoms with van der Waals surface area (Å²) < 4.78 is 26.9. The van der Waals surface area contributed by atoms with Gasteiger partial charge in [0.25, 0.3) is 0 Å². The molecule has 0 radical (unpaired) electrons. The minimum Gasteiger partial charge on any atom is -0.505 e. The molecule has 4 nitrogen and oxygen atoms in total. The van der Waals surface area contributed by atoms with Gasteiger partial charge in [-0.3, -0.25) is 0 Å². The first-order valence-electron chi connectivity index (χ1n) is 8.29. The van der Waals surface area contributed by atoms with Gasteiger partial charge in [0.05, 0.1) is 6.54 Å². The number of rotatable bonds is 7. The zero-order chi connectivity index (χ0) is 18.9. The van der Waals surface area contributed by atoms with Gasteiger partial charge in [-0.2, -0.15) is 11.8 Å². The van der Waals surface area contributed by atoms with Gasteiger partial charge in [-0.15, -0.1) is 24.0 Å². The summed E-state index contributed by atoms with van der Waals surface area (Å²) in [6.07, 6.45) is 1.98. The van der Waals surface area contributed by atoms with E-state index in [1.54, 1.807) is 30.0 Å². The summed E-state index contributed by atoms with van der Waals surface area (Å²) in [4.78, 5) is 4.43. The lowest BCUT2D eigenvalue weighted by atomic mass is 10.1. The lowest BCUT2D eigenvalue weighted by molar-refractivity contribution is 0.432. The summed E-state index contributed by atoms with van der Waals surface area (Å²) in [5.74, 6) is 0.0344. The zero-order valence-corrected chi connectivity index (χ0v) is 18.4. The summed E-state index contributed by atoms with van der Waals surface area (Å²) in [6, 6.07) is 8.97. The van der Waals surface area contributed by atoms with Crippen LogP contribution >= 0.6 is 35.7 Å². The SMILES string of the molecule is CCNC(=NCc1ccc(O)c(F)c1)NCc1ccc(F)cc1CSC.I. The van der Waals surface area contributed by atoms with Crippen LogP contribution in [0.3, 0.4) is 0 Å². The van der Waals surface area contributed by atoms with Crippen LogP contribution < -0.4 is 10.6 Å². The molecule has 27 heavy (non-hydrogen) atoms. The molecular weight excluding hydrogens is 483 g/mol. The third kappa shape index (κ3) is 7.53. The van der Waals surface area contributed by atoms with Crippen LogP contribution in [0, 0.1) is 11.6 Å². The summed E-state index contributed by atoms with van der Waals surface area (Å²) >= 11 is 1.64. The summed E-state index contributed by atoms with van der Waals surface area (Å²) in [5.41, 5.74) is 2.60. The second kappa shape index (κ2) is 12.0. The van der Waals surface area contributed by atoms with E-state index in [2.05, 4.69) is 15.6 Å². The van der Waals surface area contributed by atoms with Crippen molar-refractivity contribution in [1.29, 1.82) is 0 Å². The Kier molecular flexibility index (Phi) is 10.5.